The van der Waals surface area contributed by atoms with Crippen LogP contribution >= 0.6 is 0 Å². The molecule has 0 saturated heterocycles. The summed E-state index contributed by atoms with van der Waals surface area (Å²) in [5.41, 5.74) is 12.4. The van der Waals surface area contributed by atoms with Crippen molar-refractivity contribution in [3.05, 3.63) is 54.4 Å². The van der Waals surface area contributed by atoms with E-state index >= 15 is 0 Å². The summed E-state index contributed by atoms with van der Waals surface area (Å²) in [4.78, 5) is 33.7. The van der Waals surface area contributed by atoms with Gasteiger partial charge in [-0.1, -0.05) is 37.6 Å². The fourth-order valence-corrected chi connectivity index (χ4v) is 5.56. The van der Waals surface area contributed by atoms with E-state index in [2.05, 4.69) is 33.3 Å². The predicted octanol–water partition coefficient (Wildman–Crippen LogP) is 4.97. The van der Waals surface area contributed by atoms with Crippen molar-refractivity contribution < 1.29 is 9.59 Å². The van der Waals surface area contributed by atoms with Gasteiger partial charge in [-0.15, -0.1) is 0 Å². The number of hydrogen-bond donors (Lipinski definition) is 3. The summed E-state index contributed by atoms with van der Waals surface area (Å²) in [6.45, 7) is 5.37. The summed E-state index contributed by atoms with van der Waals surface area (Å²) in [5, 5.41) is 6.95. The van der Waals surface area contributed by atoms with Crippen LogP contribution in [0.3, 0.4) is 0 Å². The number of rotatable bonds is 6. The molecule has 37 heavy (non-hydrogen) atoms. The highest BCUT2D eigenvalue weighted by Crippen LogP contribution is 2.43. The highest BCUT2D eigenvalue weighted by Gasteiger charge is 2.29. The zero-order chi connectivity index (χ0) is 26.1. The summed E-state index contributed by atoms with van der Waals surface area (Å²) in [7, 11) is 1.98. The topological polar surface area (TPSA) is 115 Å². The summed E-state index contributed by atoms with van der Waals surface area (Å²) in [6, 6.07) is 8.06. The molecule has 1 aromatic carbocycles. The number of nitrogens with one attached hydrogen (secondary N) is 2. The molecule has 0 unspecified atom stereocenters. The maximum absolute atomic E-state index is 12.9. The molecule has 2 aliphatic carbocycles. The molecule has 1 fully saturated rings. The van der Waals surface area contributed by atoms with Crippen LogP contribution in [0.25, 0.3) is 27.9 Å². The smallest absolute Gasteiger partial charge is 0.250 e. The quantitative estimate of drug-likeness (QED) is 0.415. The SMILES string of the molecule is C=C(C)C(=O)Nc1ccc(-c2c(C3=CC[C@H](C(=O)NC4CCCC4)CC3)c3c(N)ncnc3n2C)cc1. The maximum atomic E-state index is 12.9. The first-order valence-corrected chi connectivity index (χ1v) is 13.0. The molecule has 1 atom stereocenters. The van der Waals surface area contributed by atoms with Crippen LogP contribution in [0.2, 0.25) is 0 Å². The summed E-state index contributed by atoms with van der Waals surface area (Å²) in [6.07, 6.45) is 10.5. The molecule has 0 bridgehead atoms. The Morgan fingerprint density at radius 1 is 1.11 bits per heavy atom. The van der Waals surface area contributed by atoms with E-state index in [1.54, 1.807) is 6.92 Å². The molecule has 5 rings (SSSR count). The van der Waals surface area contributed by atoms with Gasteiger partial charge in [-0.25, -0.2) is 9.97 Å². The molecule has 1 saturated carbocycles. The Bertz CT molecular complexity index is 1400. The predicted molar refractivity (Wildman–Crippen MR) is 148 cm³/mol. The van der Waals surface area contributed by atoms with Gasteiger partial charge in [-0.2, -0.15) is 0 Å². The zero-order valence-corrected chi connectivity index (χ0v) is 21.5. The molecule has 0 radical (unpaired) electrons. The Morgan fingerprint density at radius 2 is 1.84 bits per heavy atom. The third-order valence-corrected chi connectivity index (χ3v) is 7.60. The van der Waals surface area contributed by atoms with Crippen LogP contribution in [-0.2, 0) is 16.6 Å². The monoisotopic (exact) mass is 498 g/mol. The number of aryl methyl sites for hydroxylation is 1. The first-order valence-electron chi connectivity index (χ1n) is 13.0. The van der Waals surface area contributed by atoms with Crippen molar-refractivity contribution >= 4 is 39.9 Å². The number of allylic oxidation sites excluding steroid dienone is 2. The lowest BCUT2D eigenvalue weighted by atomic mass is 9.84. The van der Waals surface area contributed by atoms with Crippen LogP contribution < -0.4 is 16.4 Å². The summed E-state index contributed by atoms with van der Waals surface area (Å²) in [5.74, 6) is 0.400. The number of aromatic nitrogens is 3. The van der Waals surface area contributed by atoms with Crippen LogP contribution in [0.4, 0.5) is 11.5 Å². The Balaban J connectivity index is 1.48. The number of nitrogens with zero attached hydrogens (tertiary/aromatic N) is 3. The molecule has 2 heterocycles. The van der Waals surface area contributed by atoms with Gasteiger partial charge in [0, 0.05) is 35.8 Å². The van der Waals surface area contributed by atoms with E-state index in [-0.39, 0.29) is 17.7 Å². The van der Waals surface area contributed by atoms with Gasteiger partial charge in [0.1, 0.15) is 17.8 Å². The van der Waals surface area contributed by atoms with Crippen molar-refractivity contribution in [3.63, 3.8) is 0 Å². The third-order valence-electron chi connectivity index (χ3n) is 7.60. The largest absolute Gasteiger partial charge is 0.383 e. The van der Waals surface area contributed by atoms with E-state index in [9.17, 15) is 9.59 Å². The molecule has 4 N–H and O–H groups in total. The lowest BCUT2D eigenvalue weighted by Gasteiger charge is -2.24. The van der Waals surface area contributed by atoms with Gasteiger partial charge >= 0.3 is 0 Å². The molecule has 8 heteroatoms. The van der Waals surface area contributed by atoms with Gasteiger partial charge < -0.3 is 20.9 Å². The van der Waals surface area contributed by atoms with E-state index < -0.39 is 0 Å². The normalized spacial score (nSPS) is 18.0. The average molecular weight is 499 g/mol. The summed E-state index contributed by atoms with van der Waals surface area (Å²) >= 11 is 0. The van der Waals surface area contributed by atoms with Crippen molar-refractivity contribution in [1.82, 2.24) is 19.9 Å². The number of benzene rings is 1. The molecule has 0 spiro atoms. The van der Waals surface area contributed by atoms with Gasteiger partial charge in [0.15, 0.2) is 0 Å². The number of hydrogen-bond acceptors (Lipinski definition) is 5. The minimum atomic E-state index is -0.208. The molecule has 8 nitrogen and oxygen atoms in total. The first kappa shape index (κ1) is 24.7. The van der Waals surface area contributed by atoms with Crippen molar-refractivity contribution in [2.75, 3.05) is 11.1 Å². The second-order valence-electron chi connectivity index (χ2n) is 10.2. The van der Waals surface area contributed by atoms with E-state index in [1.165, 1.54) is 19.2 Å². The van der Waals surface area contributed by atoms with Gasteiger partial charge in [0.05, 0.1) is 11.1 Å². The summed E-state index contributed by atoms with van der Waals surface area (Å²) < 4.78 is 2.05. The molecule has 3 aromatic rings. The average Bonchev–Trinajstić information content (AvgIpc) is 3.51. The minimum Gasteiger partial charge on any atom is -0.383 e. The second kappa shape index (κ2) is 10.2. The van der Waals surface area contributed by atoms with Crippen molar-refractivity contribution in [1.29, 1.82) is 0 Å². The molecule has 2 aromatic heterocycles. The number of anilines is 2. The Labute approximate surface area is 217 Å². The Morgan fingerprint density at radius 3 is 2.49 bits per heavy atom. The van der Waals surface area contributed by atoms with E-state index in [0.717, 1.165) is 59.1 Å². The standard InChI is InChI=1S/C29H34N6O2/c1-17(2)28(36)33-22-14-12-19(13-15-22)25-23(24-26(30)31-16-32-27(24)35(25)3)18-8-10-20(11-9-18)29(37)34-21-6-4-5-7-21/h8,12-16,20-21H,1,4-7,9-11H2,2-3H3,(H,33,36)(H,34,37)(H2,30,31,32)/t20-/m0/s1. The minimum absolute atomic E-state index is 0.00687. The van der Waals surface area contributed by atoms with Crippen LogP contribution in [0.15, 0.2) is 48.8 Å². The fourth-order valence-electron chi connectivity index (χ4n) is 5.56. The van der Waals surface area contributed by atoms with Crippen molar-refractivity contribution in [2.24, 2.45) is 13.0 Å². The van der Waals surface area contributed by atoms with Gasteiger partial charge in [-0.3, -0.25) is 9.59 Å². The van der Waals surface area contributed by atoms with Crippen LogP contribution in [0.5, 0.6) is 0 Å². The highest BCUT2D eigenvalue weighted by molar-refractivity contribution is 6.05. The first-order chi connectivity index (χ1) is 17.8. The van der Waals surface area contributed by atoms with Crippen molar-refractivity contribution in [3.8, 4) is 11.3 Å². The fraction of sp³-hybridized carbons (Fsp3) is 0.379. The number of nitrogens with two attached hydrogens (primary N) is 1. The van der Waals surface area contributed by atoms with E-state index in [0.29, 0.717) is 29.5 Å². The third kappa shape index (κ3) is 4.88. The molecule has 2 amide bonds. The number of amides is 2. The van der Waals surface area contributed by atoms with Gasteiger partial charge in [0.25, 0.3) is 5.91 Å². The zero-order valence-electron chi connectivity index (χ0n) is 21.5. The maximum Gasteiger partial charge on any atom is 0.250 e. The molecular weight excluding hydrogens is 464 g/mol. The number of fused-ring (bicyclic) bond motifs is 1. The molecule has 2 aliphatic rings. The number of nitrogen functional groups attached to an aromatic ring is 1. The van der Waals surface area contributed by atoms with Crippen LogP contribution in [-0.4, -0.2) is 32.4 Å². The number of carbonyl (C=O) groups excluding carboxylic acids is 2. The van der Waals surface area contributed by atoms with E-state index in [1.807, 2.05) is 35.9 Å². The van der Waals surface area contributed by atoms with E-state index in [4.69, 9.17) is 5.73 Å². The lowest BCUT2D eigenvalue weighted by Crippen LogP contribution is -2.37. The molecule has 0 aliphatic heterocycles. The van der Waals surface area contributed by atoms with Gasteiger partial charge in [-0.05, 0) is 62.3 Å². The highest BCUT2D eigenvalue weighted by atomic mass is 16.2. The second-order valence-corrected chi connectivity index (χ2v) is 10.2. The van der Waals surface area contributed by atoms with Crippen LogP contribution in [0.1, 0.15) is 57.4 Å². The van der Waals surface area contributed by atoms with Gasteiger partial charge in [0.2, 0.25) is 5.91 Å². The lowest BCUT2D eigenvalue weighted by molar-refractivity contribution is -0.125. The Hall–Kier alpha value is -3.94. The Kier molecular flexibility index (Phi) is 6.82. The molecular formula is C29H34N6O2. The number of carbonyl (C=O) groups is 2. The van der Waals surface area contributed by atoms with Crippen LogP contribution in [0, 0.1) is 5.92 Å². The molecule has 192 valence electrons. The van der Waals surface area contributed by atoms with Crippen molar-refractivity contribution in [2.45, 2.75) is 57.9 Å².